The van der Waals surface area contributed by atoms with Crippen molar-refractivity contribution < 1.29 is 23.1 Å². The molecule has 7 heteroatoms. The van der Waals surface area contributed by atoms with E-state index < -0.39 is 11.8 Å². The number of esters is 1. The van der Waals surface area contributed by atoms with Gasteiger partial charge in [0.15, 0.2) is 0 Å². The predicted octanol–water partition coefficient (Wildman–Crippen LogP) is 3.76. The highest BCUT2D eigenvalue weighted by Crippen LogP contribution is 2.25. The van der Waals surface area contributed by atoms with E-state index in [1.54, 1.807) is 49.4 Å². The van der Waals surface area contributed by atoms with Crippen LogP contribution in [0.1, 0.15) is 21.8 Å². The van der Waals surface area contributed by atoms with Gasteiger partial charge in [0.1, 0.15) is 11.6 Å². The van der Waals surface area contributed by atoms with Crippen molar-refractivity contribution in [3.63, 3.8) is 0 Å². The van der Waals surface area contributed by atoms with E-state index in [1.807, 2.05) is 0 Å². The number of aryl methyl sites for hydroxylation is 1. The number of carbonyl (C=O) groups is 2. The zero-order valence-electron chi connectivity index (χ0n) is 14.8. The van der Waals surface area contributed by atoms with E-state index in [0.29, 0.717) is 17.1 Å². The van der Waals surface area contributed by atoms with Crippen LogP contribution in [-0.4, -0.2) is 24.0 Å². The Morgan fingerprint density at radius 2 is 1.85 bits per heavy atom. The number of aromatic nitrogens is 1. The molecule has 2 aromatic carbocycles. The summed E-state index contributed by atoms with van der Waals surface area (Å²) < 4.78 is 24.1. The minimum Gasteiger partial charge on any atom is -0.465 e. The number of hydrogen-bond acceptors (Lipinski definition) is 5. The monoisotopic (exact) mass is 368 g/mol. The van der Waals surface area contributed by atoms with Gasteiger partial charge in [-0.15, -0.1) is 0 Å². The maximum absolute atomic E-state index is 13.9. The van der Waals surface area contributed by atoms with Crippen LogP contribution in [0.3, 0.4) is 0 Å². The lowest BCUT2D eigenvalue weighted by Gasteiger charge is -2.09. The molecule has 1 amide bonds. The van der Waals surface area contributed by atoms with Crippen molar-refractivity contribution in [1.82, 2.24) is 4.98 Å². The summed E-state index contributed by atoms with van der Waals surface area (Å²) >= 11 is 0. The summed E-state index contributed by atoms with van der Waals surface area (Å²) in [6, 6.07) is 12.6. The average molecular weight is 368 g/mol. The predicted molar refractivity (Wildman–Crippen MR) is 96.7 cm³/mol. The van der Waals surface area contributed by atoms with Crippen molar-refractivity contribution in [1.29, 1.82) is 0 Å². The summed E-state index contributed by atoms with van der Waals surface area (Å²) in [6.07, 6.45) is -0.0840. The molecule has 1 heterocycles. The molecule has 1 N–H and O–H groups in total. The standard InChI is InChI=1S/C20H17FN2O4/c1-12-17(23-19(27-12)13-7-3-5-9-15(13)21)11-18(24)22-16-10-6-4-8-14(16)20(25)26-2/h3-10H,11H2,1-2H3,(H,22,24). The number of para-hydroxylation sites is 1. The minimum absolute atomic E-state index is 0.0840. The fourth-order valence-electron chi connectivity index (χ4n) is 2.57. The molecule has 0 spiro atoms. The lowest BCUT2D eigenvalue weighted by Crippen LogP contribution is -2.17. The number of ether oxygens (including phenoxy) is 1. The second-order valence-electron chi connectivity index (χ2n) is 5.76. The maximum Gasteiger partial charge on any atom is 0.339 e. The third-order valence-electron chi connectivity index (χ3n) is 3.93. The molecule has 138 valence electrons. The molecule has 27 heavy (non-hydrogen) atoms. The number of oxazole rings is 1. The molecule has 0 fully saturated rings. The second-order valence-corrected chi connectivity index (χ2v) is 5.76. The first kappa shape index (κ1) is 18.3. The fraction of sp³-hybridized carbons (Fsp3) is 0.150. The third kappa shape index (κ3) is 4.03. The zero-order chi connectivity index (χ0) is 19.4. The lowest BCUT2D eigenvalue weighted by atomic mass is 10.1. The zero-order valence-corrected chi connectivity index (χ0v) is 14.8. The number of methoxy groups -OCH3 is 1. The van der Waals surface area contributed by atoms with Gasteiger partial charge in [-0.05, 0) is 31.2 Å². The van der Waals surface area contributed by atoms with Crippen LogP contribution in [-0.2, 0) is 16.0 Å². The van der Waals surface area contributed by atoms with Gasteiger partial charge in [0.05, 0.1) is 36.0 Å². The number of halogens is 1. The Hall–Kier alpha value is -3.48. The van der Waals surface area contributed by atoms with Crippen LogP contribution in [0.5, 0.6) is 0 Å². The molecular formula is C20H17FN2O4. The first-order valence-electron chi connectivity index (χ1n) is 8.18. The Kier molecular flexibility index (Phi) is 5.30. The topological polar surface area (TPSA) is 81.4 Å². The van der Waals surface area contributed by atoms with Gasteiger partial charge in [-0.3, -0.25) is 4.79 Å². The molecule has 3 rings (SSSR count). The normalized spacial score (nSPS) is 10.5. The van der Waals surface area contributed by atoms with Crippen LogP contribution in [0.25, 0.3) is 11.5 Å². The second kappa shape index (κ2) is 7.82. The van der Waals surface area contributed by atoms with Gasteiger partial charge in [-0.25, -0.2) is 14.2 Å². The maximum atomic E-state index is 13.9. The highest BCUT2D eigenvalue weighted by Gasteiger charge is 2.18. The van der Waals surface area contributed by atoms with Gasteiger partial charge >= 0.3 is 5.97 Å². The molecule has 0 aliphatic carbocycles. The fourth-order valence-corrected chi connectivity index (χ4v) is 2.57. The molecule has 0 bridgehead atoms. The van der Waals surface area contributed by atoms with E-state index in [0.717, 1.165) is 0 Å². The summed E-state index contributed by atoms with van der Waals surface area (Å²) in [5, 5.41) is 2.67. The Balaban J connectivity index is 1.78. The number of benzene rings is 2. The van der Waals surface area contributed by atoms with Crippen LogP contribution < -0.4 is 5.32 Å². The van der Waals surface area contributed by atoms with Crippen LogP contribution in [0.4, 0.5) is 10.1 Å². The van der Waals surface area contributed by atoms with Crippen LogP contribution in [0, 0.1) is 12.7 Å². The number of amides is 1. The van der Waals surface area contributed by atoms with Gasteiger partial charge in [-0.2, -0.15) is 0 Å². The molecule has 0 atom stereocenters. The van der Waals surface area contributed by atoms with Crippen molar-refractivity contribution in [2.45, 2.75) is 13.3 Å². The number of hydrogen-bond donors (Lipinski definition) is 1. The van der Waals surface area contributed by atoms with Gasteiger partial charge in [-0.1, -0.05) is 24.3 Å². The van der Waals surface area contributed by atoms with Crippen LogP contribution in [0.15, 0.2) is 52.9 Å². The molecule has 0 aliphatic heterocycles. The number of carbonyl (C=O) groups excluding carboxylic acids is 2. The number of nitrogens with zero attached hydrogens (tertiary/aromatic N) is 1. The van der Waals surface area contributed by atoms with Gasteiger partial charge in [0.2, 0.25) is 11.8 Å². The van der Waals surface area contributed by atoms with Crippen molar-refractivity contribution in [3.8, 4) is 11.5 Å². The van der Waals surface area contributed by atoms with Crippen molar-refractivity contribution in [2.75, 3.05) is 12.4 Å². The Morgan fingerprint density at radius 3 is 2.59 bits per heavy atom. The quantitative estimate of drug-likeness (QED) is 0.694. The number of rotatable bonds is 5. The highest BCUT2D eigenvalue weighted by molar-refractivity contribution is 6.01. The van der Waals surface area contributed by atoms with E-state index in [-0.39, 0.29) is 29.3 Å². The van der Waals surface area contributed by atoms with E-state index in [1.165, 1.54) is 13.2 Å². The summed E-state index contributed by atoms with van der Waals surface area (Å²) in [7, 11) is 1.27. The molecule has 0 saturated carbocycles. The molecule has 0 unspecified atom stereocenters. The van der Waals surface area contributed by atoms with Gasteiger partial charge in [0, 0.05) is 0 Å². The Bertz CT molecular complexity index is 997. The van der Waals surface area contributed by atoms with E-state index in [2.05, 4.69) is 10.3 Å². The van der Waals surface area contributed by atoms with Gasteiger partial charge < -0.3 is 14.5 Å². The summed E-state index contributed by atoms with van der Waals surface area (Å²) in [5.41, 5.74) is 1.20. The summed E-state index contributed by atoms with van der Waals surface area (Å²) in [4.78, 5) is 28.4. The van der Waals surface area contributed by atoms with Crippen LogP contribution >= 0.6 is 0 Å². The van der Waals surface area contributed by atoms with Crippen molar-refractivity contribution in [3.05, 3.63) is 71.4 Å². The smallest absolute Gasteiger partial charge is 0.339 e. The average Bonchev–Trinajstić information content (AvgIpc) is 3.02. The summed E-state index contributed by atoms with van der Waals surface area (Å²) in [6.45, 7) is 1.66. The van der Waals surface area contributed by atoms with Gasteiger partial charge in [0.25, 0.3) is 0 Å². The van der Waals surface area contributed by atoms with E-state index >= 15 is 0 Å². The molecule has 1 aromatic heterocycles. The van der Waals surface area contributed by atoms with Crippen molar-refractivity contribution in [2.24, 2.45) is 0 Å². The van der Waals surface area contributed by atoms with E-state index in [9.17, 15) is 14.0 Å². The third-order valence-corrected chi connectivity index (χ3v) is 3.93. The first-order chi connectivity index (χ1) is 13.0. The first-order valence-corrected chi connectivity index (χ1v) is 8.18. The molecule has 0 aliphatic rings. The molecule has 0 radical (unpaired) electrons. The minimum atomic E-state index is -0.551. The Labute approximate surface area is 155 Å². The molecular weight excluding hydrogens is 351 g/mol. The molecule has 6 nitrogen and oxygen atoms in total. The highest BCUT2D eigenvalue weighted by atomic mass is 19.1. The lowest BCUT2D eigenvalue weighted by molar-refractivity contribution is -0.115. The molecule has 3 aromatic rings. The number of nitrogens with one attached hydrogen (secondary N) is 1. The number of anilines is 1. The SMILES string of the molecule is COC(=O)c1ccccc1NC(=O)Cc1nc(-c2ccccc2F)oc1C. The van der Waals surface area contributed by atoms with Crippen molar-refractivity contribution >= 4 is 17.6 Å². The Morgan fingerprint density at radius 1 is 1.15 bits per heavy atom. The largest absolute Gasteiger partial charge is 0.465 e. The van der Waals surface area contributed by atoms with E-state index in [4.69, 9.17) is 9.15 Å². The summed E-state index contributed by atoms with van der Waals surface area (Å²) in [5.74, 6) is -0.858. The van der Waals surface area contributed by atoms with Crippen LogP contribution in [0.2, 0.25) is 0 Å². The molecule has 0 saturated heterocycles.